The maximum absolute atomic E-state index is 4.05. The van der Waals surface area contributed by atoms with Crippen LogP contribution in [0, 0.1) is 17.8 Å². The molecular weight excluding hydrogens is 132 g/mol. The second kappa shape index (κ2) is 2.84. The van der Waals surface area contributed by atoms with Gasteiger partial charge in [0.25, 0.3) is 0 Å². The zero-order valence-corrected chi connectivity index (χ0v) is 8.02. The highest BCUT2D eigenvalue weighted by molar-refractivity contribution is 5.28. The molecule has 0 heteroatoms. The van der Waals surface area contributed by atoms with Crippen LogP contribution in [0.5, 0.6) is 0 Å². The smallest absolute Gasteiger partial charge is 0.0165 e. The minimum absolute atomic E-state index is 0.661. The van der Waals surface area contributed by atoms with Crippen molar-refractivity contribution >= 4 is 0 Å². The van der Waals surface area contributed by atoms with Crippen molar-refractivity contribution in [2.45, 2.75) is 27.7 Å². The molecule has 0 nitrogen and oxygen atoms in total. The van der Waals surface area contributed by atoms with Crippen molar-refractivity contribution in [2.24, 2.45) is 17.8 Å². The van der Waals surface area contributed by atoms with Gasteiger partial charge in [-0.25, -0.2) is 0 Å². The molecule has 3 unspecified atom stereocenters. The van der Waals surface area contributed by atoms with Crippen LogP contribution < -0.4 is 0 Å². The molecule has 0 saturated carbocycles. The lowest BCUT2D eigenvalue weighted by Gasteiger charge is -2.32. The molecule has 1 aliphatic rings. The molecule has 0 fully saturated rings. The standard InChI is InChI=1S/C11H18/c1-7-6-8(2)10(4)11(5)9(7)3/h6,9-11H,1H2,2-5H3. The summed E-state index contributed by atoms with van der Waals surface area (Å²) in [6.45, 7) is 13.2. The Labute approximate surface area is 70.0 Å². The summed E-state index contributed by atoms with van der Waals surface area (Å²) in [4.78, 5) is 0. The van der Waals surface area contributed by atoms with Crippen molar-refractivity contribution in [3.63, 3.8) is 0 Å². The summed E-state index contributed by atoms with van der Waals surface area (Å²) in [5.74, 6) is 2.15. The third-order valence-corrected chi connectivity index (χ3v) is 3.29. The Kier molecular flexibility index (Phi) is 2.22. The first kappa shape index (κ1) is 8.58. The van der Waals surface area contributed by atoms with Crippen LogP contribution in [0.2, 0.25) is 0 Å². The van der Waals surface area contributed by atoms with Crippen molar-refractivity contribution in [1.82, 2.24) is 0 Å². The molecule has 0 saturated heterocycles. The summed E-state index contributed by atoms with van der Waals surface area (Å²) in [5.41, 5.74) is 2.79. The zero-order valence-electron chi connectivity index (χ0n) is 8.02. The van der Waals surface area contributed by atoms with E-state index in [0.29, 0.717) is 5.92 Å². The normalized spacial score (nSPS) is 38.7. The molecule has 1 aliphatic carbocycles. The molecule has 62 valence electrons. The molecule has 0 aromatic heterocycles. The molecule has 1 rings (SSSR count). The quantitative estimate of drug-likeness (QED) is 0.496. The van der Waals surface area contributed by atoms with E-state index in [1.807, 2.05) is 0 Å². The minimum atomic E-state index is 0.661. The molecule has 0 bridgehead atoms. The summed E-state index contributed by atoms with van der Waals surface area (Å²) in [7, 11) is 0. The van der Waals surface area contributed by atoms with Gasteiger partial charge in [0, 0.05) is 0 Å². The van der Waals surface area contributed by atoms with Gasteiger partial charge in [0.05, 0.1) is 0 Å². The summed E-state index contributed by atoms with van der Waals surface area (Å²) in [6.07, 6.45) is 2.25. The van der Waals surface area contributed by atoms with E-state index in [2.05, 4.69) is 40.3 Å². The first-order chi connectivity index (χ1) is 5.04. The van der Waals surface area contributed by atoms with Crippen LogP contribution in [-0.2, 0) is 0 Å². The van der Waals surface area contributed by atoms with Gasteiger partial charge in [-0.05, 0) is 24.7 Å². The largest absolute Gasteiger partial charge is 0.0956 e. The van der Waals surface area contributed by atoms with Gasteiger partial charge in [-0.15, -0.1) is 0 Å². The summed E-state index contributed by atoms with van der Waals surface area (Å²) < 4.78 is 0. The van der Waals surface area contributed by atoms with Crippen molar-refractivity contribution in [1.29, 1.82) is 0 Å². The zero-order chi connectivity index (χ0) is 8.59. The highest BCUT2D eigenvalue weighted by atomic mass is 14.3. The molecule has 3 atom stereocenters. The van der Waals surface area contributed by atoms with Crippen molar-refractivity contribution < 1.29 is 0 Å². The fraction of sp³-hybridized carbons (Fsp3) is 0.636. The van der Waals surface area contributed by atoms with Crippen LogP contribution in [0.4, 0.5) is 0 Å². The maximum atomic E-state index is 4.05. The molecule has 0 N–H and O–H groups in total. The Balaban J connectivity index is 2.92. The predicted octanol–water partition coefficient (Wildman–Crippen LogP) is 3.41. The van der Waals surface area contributed by atoms with E-state index in [4.69, 9.17) is 0 Å². The van der Waals surface area contributed by atoms with Gasteiger partial charge in [0.15, 0.2) is 0 Å². The average Bonchev–Trinajstić information content (AvgIpc) is 1.97. The Bertz CT molecular complexity index is 198. The van der Waals surface area contributed by atoms with Crippen LogP contribution in [0.3, 0.4) is 0 Å². The average molecular weight is 150 g/mol. The van der Waals surface area contributed by atoms with Gasteiger partial charge in [-0.2, -0.15) is 0 Å². The Morgan fingerprint density at radius 1 is 1.18 bits per heavy atom. The van der Waals surface area contributed by atoms with Crippen molar-refractivity contribution in [3.05, 3.63) is 23.8 Å². The second-order valence-electron chi connectivity index (χ2n) is 3.90. The van der Waals surface area contributed by atoms with Crippen molar-refractivity contribution in [3.8, 4) is 0 Å². The third-order valence-electron chi connectivity index (χ3n) is 3.29. The predicted molar refractivity (Wildman–Crippen MR) is 50.4 cm³/mol. The Morgan fingerprint density at radius 2 is 1.73 bits per heavy atom. The lowest BCUT2D eigenvalue weighted by Crippen LogP contribution is -2.22. The van der Waals surface area contributed by atoms with E-state index in [0.717, 1.165) is 11.8 Å². The topological polar surface area (TPSA) is 0 Å². The summed E-state index contributed by atoms with van der Waals surface area (Å²) in [6, 6.07) is 0. The highest BCUT2D eigenvalue weighted by Crippen LogP contribution is 2.36. The molecular formula is C11H18. The van der Waals surface area contributed by atoms with Crippen LogP contribution in [0.25, 0.3) is 0 Å². The maximum Gasteiger partial charge on any atom is -0.0165 e. The van der Waals surface area contributed by atoms with Gasteiger partial charge < -0.3 is 0 Å². The molecule has 11 heavy (non-hydrogen) atoms. The third kappa shape index (κ3) is 1.40. The van der Waals surface area contributed by atoms with Gasteiger partial charge in [0.2, 0.25) is 0 Å². The first-order valence-electron chi connectivity index (χ1n) is 4.41. The molecule has 0 aromatic carbocycles. The lowest BCUT2D eigenvalue weighted by atomic mass is 9.73. The SMILES string of the molecule is C=C1C=C(C)C(C)C(C)C1C. The van der Waals surface area contributed by atoms with E-state index in [1.165, 1.54) is 11.1 Å². The highest BCUT2D eigenvalue weighted by Gasteiger charge is 2.25. The monoisotopic (exact) mass is 150 g/mol. The van der Waals surface area contributed by atoms with Crippen LogP contribution in [-0.4, -0.2) is 0 Å². The molecule has 0 aromatic rings. The molecule has 0 spiro atoms. The van der Waals surface area contributed by atoms with Crippen LogP contribution >= 0.6 is 0 Å². The number of allylic oxidation sites excluding steroid dienone is 3. The molecule has 0 amide bonds. The number of hydrogen-bond acceptors (Lipinski definition) is 0. The van der Waals surface area contributed by atoms with Gasteiger partial charge in [0.1, 0.15) is 0 Å². The van der Waals surface area contributed by atoms with Crippen LogP contribution in [0.15, 0.2) is 23.8 Å². The van der Waals surface area contributed by atoms with E-state index in [-0.39, 0.29) is 0 Å². The lowest BCUT2D eigenvalue weighted by molar-refractivity contribution is 0.336. The number of rotatable bonds is 0. The van der Waals surface area contributed by atoms with E-state index in [9.17, 15) is 0 Å². The van der Waals surface area contributed by atoms with Crippen molar-refractivity contribution in [2.75, 3.05) is 0 Å². The van der Waals surface area contributed by atoms with Crippen LogP contribution in [0.1, 0.15) is 27.7 Å². The van der Waals surface area contributed by atoms with Gasteiger partial charge in [-0.1, -0.05) is 44.6 Å². The molecule has 0 aliphatic heterocycles. The van der Waals surface area contributed by atoms with Gasteiger partial charge in [-0.3, -0.25) is 0 Å². The Morgan fingerprint density at radius 3 is 2.27 bits per heavy atom. The Hall–Kier alpha value is -0.520. The fourth-order valence-electron chi connectivity index (χ4n) is 1.74. The first-order valence-corrected chi connectivity index (χ1v) is 4.41. The van der Waals surface area contributed by atoms with Gasteiger partial charge >= 0.3 is 0 Å². The van der Waals surface area contributed by atoms with E-state index >= 15 is 0 Å². The molecule has 0 heterocycles. The summed E-state index contributed by atoms with van der Waals surface area (Å²) >= 11 is 0. The minimum Gasteiger partial charge on any atom is -0.0956 e. The van der Waals surface area contributed by atoms with E-state index < -0.39 is 0 Å². The summed E-state index contributed by atoms with van der Waals surface area (Å²) in [5, 5.41) is 0. The number of hydrogen-bond donors (Lipinski definition) is 0. The van der Waals surface area contributed by atoms with E-state index in [1.54, 1.807) is 0 Å². The second-order valence-corrected chi connectivity index (χ2v) is 3.90. The molecule has 0 radical (unpaired) electrons. The fourth-order valence-corrected chi connectivity index (χ4v) is 1.74.